The first-order valence-corrected chi connectivity index (χ1v) is 12.2. The maximum absolute atomic E-state index is 14.3. The molecular weight excluding hydrogens is 461 g/mol. The minimum absolute atomic E-state index is 0. The van der Waals surface area contributed by atoms with Crippen molar-refractivity contribution < 1.29 is 25.2 Å². The summed E-state index contributed by atoms with van der Waals surface area (Å²) < 4.78 is 46.9. The predicted molar refractivity (Wildman–Crippen MR) is 131 cm³/mol. The number of aromatic amines is 1. The molecule has 3 rings (SSSR count). The Morgan fingerprint density at radius 2 is 1.94 bits per heavy atom. The molecule has 11 heteroatoms. The van der Waals surface area contributed by atoms with Crippen molar-refractivity contribution in [1.29, 1.82) is 0 Å². The number of carbonyl (C=O) groups is 1. The molecule has 0 unspecified atom stereocenters. The summed E-state index contributed by atoms with van der Waals surface area (Å²) in [4.78, 5) is 19.3. The lowest BCUT2D eigenvalue weighted by Gasteiger charge is -2.25. The zero-order valence-electron chi connectivity index (χ0n) is 19.7. The highest BCUT2D eigenvalue weighted by Crippen LogP contribution is 2.29. The molecule has 9 nitrogen and oxygen atoms in total. The number of nitrogens with zero attached hydrogens (tertiary/aromatic N) is 3. The molecule has 0 aliphatic heterocycles. The van der Waals surface area contributed by atoms with Crippen LogP contribution in [0.25, 0.3) is 11.3 Å². The van der Waals surface area contributed by atoms with Crippen molar-refractivity contribution in [1.82, 2.24) is 19.9 Å². The van der Waals surface area contributed by atoms with Crippen molar-refractivity contribution in [3.05, 3.63) is 54.0 Å². The molecule has 186 valence electrons. The van der Waals surface area contributed by atoms with Gasteiger partial charge in [-0.25, -0.2) is 14.1 Å². The third-order valence-corrected chi connectivity index (χ3v) is 6.23. The summed E-state index contributed by atoms with van der Waals surface area (Å²) in [5.74, 6) is -0.442. The first-order chi connectivity index (χ1) is 16.0. The van der Waals surface area contributed by atoms with Gasteiger partial charge in [0.15, 0.2) is 5.03 Å². The fraction of sp³-hybridized carbons (Fsp3) is 0.348. The molecule has 0 spiro atoms. The van der Waals surface area contributed by atoms with Crippen LogP contribution in [-0.4, -0.2) is 49.2 Å². The Bertz CT molecular complexity index is 1270. The van der Waals surface area contributed by atoms with Gasteiger partial charge in [-0.2, -0.15) is 13.5 Å². The lowest BCUT2D eigenvalue weighted by atomic mass is 10.1. The number of anilines is 1. The zero-order valence-corrected chi connectivity index (χ0v) is 20.5. The second-order valence-corrected chi connectivity index (χ2v) is 10.2. The number of pyridine rings is 1. The third-order valence-electron chi connectivity index (χ3n) is 4.97. The van der Waals surface area contributed by atoms with Crippen LogP contribution < -0.4 is 14.4 Å². The van der Waals surface area contributed by atoms with Gasteiger partial charge in [0.1, 0.15) is 17.4 Å². The summed E-state index contributed by atoms with van der Waals surface area (Å²) in [6.45, 7) is 8.22. The van der Waals surface area contributed by atoms with E-state index in [2.05, 4.69) is 15.2 Å². The van der Waals surface area contributed by atoms with Crippen LogP contribution in [0.1, 0.15) is 40.9 Å². The van der Waals surface area contributed by atoms with E-state index in [1.807, 2.05) is 32.4 Å². The molecule has 0 radical (unpaired) electrons. The Labute approximate surface area is 201 Å². The van der Waals surface area contributed by atoms with Crippen molar-refractivity contribution in [2.75, 3.05) is 18.6 Å². The van der Waals surface area contributed by atoms with Gasteiger partial charge in [0.05, 0.1) is 24.1 Å². The Morgan fingerprint density at radius 1 is 1.21 bits per heavy atom. The first-order valence-electron chi connectivity index (χ1n) is 10.7. The number of hydrogen-bond donors (Lipinski definition) is 2. The number of amides is 1. The predicted octanol–water partition coefficient (Wildman–Crippen LogP) is 4.10. The summed E-state index contributed by atoms with van der Waals surface area (Å²) >= 11 is 0. The molecule has 34 heavy (non-hydrogen) atoms. The summed E-state index contributed by atoms with van der Waals surface area (Å²) in [7, 11) is -2.41. The van der Waals surface area contributed by atoms with Crippen molar-refractivity contribution in [3.8, 4) is 17.0 Å². The summed E-state index contributed by atoms with van der Waals surface area (Å²) in [6, 6.07) is 8.48. The SMILES string of the molecule is CC(C)COc1cc(F)cc(-c2ccc(C(=O)NS(=O)(=O)c3ccn[nH]3)c(N(C)C(C)C)n2)c1.[HH].[HH]. The average molecular weight is 494 g/mol. The number of rotatable bonds is 9. The van der Waals surface area contributed by atoms with E-state index >= 15 is 0 Å². The molecule has 0 fully saturated rings. The van der Waals surface area contributed by atoms with Crippen LogP contribution in [0.15, 0.2) is 47.6 Å². The van der Waals surface area contributed by atoms with Crippen LogP contribution in [0.5, 0.6) is 5.75 Å². The monoisotopic (exact) mass is 493 g/mol. The van der Waals surface area contributed by atoms with Crippen molar-refractivity contribution in [3.63, 3.8) is 0 Å². The van der Waals surface area contributed by atoms with Crippen LogP contribution in [-0.2, 0) is 10.0 Å². The fourth-order valence-corrected chi connectivity index (χ4v) is 3.86. The van der Waals surface area contributed by atoms with Gasteiger partial charge in [-0.15, -0.1) is 0 Å². The smallest absolute Gasteiger partial charge is 0.281 e. The molecule has 0 aliphatic carbocycles. The lowest BCUT2D eigenvalue weighted by Crippen LogP contribution is -2.34. The lowest BCUT2D eigenvalue weighted by molar-refractivity contribution is 0.0981. The second kappa shape index (κ2) is 10.2. The quantitative estimate of drug-likeness (QED) is 0.461. The Balaban J connectivity index is 0.00000324. The van der Waals surface area contributed by atoms with Gasteiger partial charge in [-0.3, -0.25) is 9.89 Å². The Morgan fingerprint density at radius 3 is 2.56 bits per heavy atom. The molecule has 0 bridgehead atoms. The van der Waals surface area contributed by atoms with Gasteiger partial charge >= 0.3 is 0 Å². The van der Waals surface area contributed by atoms with E-state index in [0.29, 0.717) is 23.6 Å². The fourth-order valence-electron chi connectivity index (χ4n) is 2.98. The number of sulfonamides is 1. The number of benzene rings is 1. The number of ether oxygens (including phenoxy) is 1. The molecule has 1 amide bonds. The minimum atomic E-state index is -4.14. The molecule has 2 heterocycles. The van der Waals surface area contributed by atoms with Gasteiger partial charge in [0.25, 0.3) is 15.9 Å². The molecule has 0 saturated carbocycles. The number of hydrogen-bond acceptors (Lipinski definition) is 7. The topological polar surface area (TPSA) is 117 Å². The summed E-state index contributed by atoms with van der Waals surface area (Å²) in [6.07, 6.45) is 1.27. The van der Waals surface area contributed by atoms with E-state index in [4.69, 9.17) is 4.74 Å². The van der Waals surface area contributed by atoms with Crippen LogP contribution in [0.4, 0.5) is 10.2 Å². The van der Waals surface area contributed by atoms with Crippen LogP contribution >= 0.6 is 0 Å². The average Bonchev–Trinajstić information content (AvgIpc) is 3.32. The number of H-pyrrole nitrogens is 1. The van der Waals surface area contributed by atoms with Crippen molar-refractivity contribution in [2.45, 2.75) is 38.8 Å². The van der Waals surface area contributed by atoms with E-state index in [9.17, 15) is 17.6 Å². The van der Waals surface area contributed by atoms with Crippen LogP contribution in [0.3, 0.4) is 0 Å². The Kier molecular flexibility index (Phi) is 7.55. The molecule has 3 aromatic rings. The van der Waals surface area contributed by atoms with E-state index in [0.717, 1.165) is 0 Å². The largest absolute Gasteiger partial charge is 0.493 e. The van der Waals surface area contributed by atoms with Crippen LogP contribution in [0, 0.1) is 11.7 Å². The molecule has 0 saturated heterocycles. The minimum Gasteiger partial charge on any atom is -0.493 e. The van der Waals surface area contributed by atoms with Crippen molar-refractivity contribution >= 4 is 21.7 Å². The second-order valence-electron chi connectivity index (χ2n) is 8.51. The van der Waals surface area contributed by atoms with E-state index < -0.39 is 21.7 Å². The maximum atomic E-state index is 14.3. The molecule has 0 aliphatic rings. The highest BCUT2D eigenvalue weighted by atomic mass is 32.2. The molecular formula is C23H32FN5O4S. The Hall–Kier alpha value is -3.47. The van der Waals surface area contributed by atoms with Gasteiger partial charge in [-0.1, -0.05) is 13.8 Å². The summed E-state index contributed by atoms with van der Waals surface area (Å²) in [5.41, 5.74) is 0.925. The molecule has 2 aromatic heterocycles. The number of carbonyl (C=O) groups excluding carboxylic acids is 1. The van der Waals surface area contributed by atoms with E-state index in [1.54, 1.807) is 18.0 Å². The van der Waals surface area contributed by atoms with E-state index in [1.165, 1.54) is 36.5 Å². The molecule has 2 N–H and O–H groups in total. The molecule has 1 aromatic carbocycles. The van der Waals surface area contributed by atoms with Gasteiger partial charge in [-0.05, 0) is 50.1 Å². The normalized spacial score (nSPS) is 11.6. The van der Waals surface area contributed by atoms with Gasteiger partial charge in [0.2, 0.25) is 0 Å². The number of nitrogens with one attached hydrogen (secondary N) is 2. The molecule has 0 atom stereocenters. The summed E-state index contributed by atoms with van der Waals surface area (Å²) in [5, 5.41) is 5.69. The standard InChI is InChI=1S/C23H28FN5O4S.2H2/c1-14(2)13-33-18-11-16(10-17(24)12-18)20-7-6-19(22(26-20)29(5)15(3)4)23(30)28-34(31,32)21-8-9-25-27-21;;/h6-12,14-15H,13H2,1-5H3,(H,25,27)(H,28,30);2*1H. The zero-order chi connectivity index (χ0) is 25.0. The van der Waals surface area contributed by atoms with E-state index in [-0.39, 0.29) is 31.2 Å². The number of aromatic nitrogens is 3. The third kappa shape index (κ3) is 5.90. The van der Waals surface area contributed by atoms with Gasteiger partial charge in [0, 0.05) is 27.6 Å². The van der Waals surface area contributed by atoms with Crippen LogP contribution in [0.2, 0.25) is 0 Å². The maximum Gasteiger partial charge on any atom is 0.281 e. The highest BCUT2D eigenvalue weighted by Gasteiger charge is 2.25. The number of halogens is 1. The van der Waals surface area contributed by atoms with Crippen molar-refractivity contribution in [2.24, 2.45) is 5.92 Å². The highest BCUT2D eigenvalue weighted by molar-refractivity contribution is 7.90. The van der Waals surface area contributed by atoms with Gasteiger partial charge < -0.3 is 9.64 Å². The first kappa shape index (κ1) is 25.2.